The van der Waals surface area contributed by atoms with Gasteiger partial charge in [0.15, 0.2) is 0 Å². The number of aromatic amines is 2. The normalized spacial score (nSPS) is 12.8. The van der Waals surface area contributed by atoms with E-state index in [2.05, 4.69) is 15.0 Å². The number of aromatic nitrogens is 4. The minimum Gasteiger partial charge on any atom is -0.390 e. The van der Waals surface area contributed by atoms with Gasteiger partial charge in [0.2, 0.25) is 5.52 Å². The third kappa shape index (κ3) is 1.69. The van der Waals surface area contributed by atoms with Gasteiger partial charge in [-0.05, 0) is 23.3 Å². The van der Waals surface area contributed by atoms with E-state index in [1.807, 2.05) is 6.92 Å². The van der Waals surface area contributed by atoms with Crippen LogP contribution in [0.1, 0.15) is 26.3 Å². The van der Waals surface area contributed by atoms with Gasteiger partial charge in [0.05, 0.1) is 0 Å². The Morgan fingerprint density at radius 2 is 2.11 bits per heavy atom. The van der Waals surface area contributed by atoms with Crippen LogP contribution >= 0.6 is 0 Å². The molecule has 1 unspecified atom stereocenters. The molecule has 2 aromatic heterocycles. The van der Waals surface area contributed by atoms with E-state index in [1.54, 1.807) is 6.92 Å². The second-order valence-electron chi connectivity index (χ2n) is 3.90. The molecule has 0 fully saturated rings. The predicted molar refractivity (Wildman–Crippen MR) is 62.6 cm³/mol. The summed E-state index contributed by atoms with van der Waals surface area (Å²) in [4.78, 5) is 41.7. The zero-order valence-corrected chi connectivity index (χ0v) is 9.76. The first-order valence-electron chi connectivity index (χ1n) is 5.34. The molecule has 2 aromatic rings. The van der Waals surface area contributed by atoms with E-state index >= 15 is 0 Å². The number of nitrogens with one attached hydrogen (secondary N) is 2. The minimum absolute atomic E-state index is 0.0680. The minimum atomic E-state index is -0.759. The molecule has 0 bridgehead atoms. The number of fused-ring (bicyclic) bond motifs is 1. The standard InChI is InChI=1S/C9H11N5O4/c1-3-4(2)13-7(15)5-6(12-9(13)16)11-8(10-5)14(17)18/h4H,3H2,1-2H3,(H,10,11)(H,12,16). The highest BCUT2D eigenvalue weighted by molar-refractivity contribution is 5.70. The maximum atomic E-state index is 12.0. The van der Waals surface area contributed by atoms with Crippen LogP contribution in [0.5, 0.6) is 0 Å². The van der Waals surface area contributed by atoms with E-state index < -0.39 is 22.1 Å². The van der Waals surface area contributed by atoms with Crippen molar-refractivity contribution in [1.82, 2.24) is 19.5 Å². The molecule has 0 saturated carbocycles. The zero-order valence-electron chi connectivity index (χ0n) is 9.76. The summed E-state index contributed by atoms with van der Waals surface area (Å²) in [5, 5.41) is 10.6. The molecule has 2 rings (SSSR count). The fourth-order valence-corrected chi connectivity index (χ4v) is 1.65. The third-order valence-electron chi connectivity index (χ3n) is 2.77. The number of imidazole rings is 1. The average Bonchev–Trinajstić information content (AvgIpc) is 2.72. The van der Waals surface area contributed by atoms with Gasteiger partial charge in [0.1, 0.15) is 0 Å². The van der Waals surface area contributed by atoms with Gasteiger partial charge in [-0.1, -0.05) is 6.92 Å². The summed E-state index contributed by atoms with van der Waals surface area (Å²) in [6, 6.07) is -0.298. The fourth-order valence-electron chi connectivity index (χ4n) is 1.65. The highest BCUT2D eigenvalue weighted by atomic mass is 16.6. The van der Waals surface area contributed by atoms with Crippen LogP contribution in [0, 0.1) is 10.1 Å². The molecule has 0 aliphatic heterocycles. The number of nitro groups is 1. The summed E-state index contributed by atoms with van der Waals surface area (Å²) >= 11 is 0. The molecule has 0 spiro atoms. The van der Waals surface area contributed by atoms with Gasteiger partial charge in [-0.3, -0.25) is 14.3 Å². The van der Waals surface area contributed by atoms with Crippen LogP contribution in [0.15, 0.2) is 9.59 Å². The first-order chi connectivity index (χ1) is 8.45. The number of nitrogens with zero attached hydrogens (tertiary/aromatic N) is 3. The lowest BCUT2D eigenvalue weighted by atomic mass is 10.2. The molecule has 9 nitrogen and oxygen atoms in total. The van der Waals surface area contributed by atoms with Crippen LogP contribution in [0.25, 0.3) is 11.2 Å². The molecule has 9 heteroatoms. The summed E-state index contributed by atoms with van der Waals surface area (Å²) in [5.74, 6) is -0.570. The zero-order chi connectivity index (χ0) is 13.4. The highest BCUT2D eigenvalue weighted by Gasteiger charge is 2.21. The van der Waals surface area contributed by atoms with E-state index in [4.69, 9.17) is 0 Å². The van der Waals surface area contributed by atoms with Crippen LogP contribution < -0.4 is 11.2 Å². The monoisotopic (exact) mass is 253 g/mol. The Morgan fingerprint density at radius 1 is 1.44 bits per heavy atom. The van der Waals surface area contributed by atoms with Crippen molar-refractivity contribution in [3.8, 4) is 0 Å². The molecule has 96 valence electrons. The second-order valence-corrected chi connectivity index (χ2v) is 3.90. The van der Waals surface area contributed by atoms with Crippen molar-refractivity contribution < 1.29 is 4.92 Å². The summed E-state index contributed by atoms with van der Waals surface area (Å²) < 4.78 is 1.02. The molecule has 0 aromatic carbocycles. The number of H-pyrrole nitrogens is 2. The number of rotatable bonds is 3. The van der Waals surface area contributed by atoms with Gasteiger partial charge in [0.25, 0.3) is 11.2 Å². The molecule has 0 radical (unpaired) electrons. The molecular formula is C9H11N5O4. The summed E-state index contributed by atoms with van der Waals surface area (Å²) in [6.45, 7) is 3.55. The van der Waals surface area contributed by atoms with Crippen molar-refractivity contribution in [2.24, 2.45) is 0 Å². The van der Waals surface area contributed by atoms with Crippen molar-refractivity contribution in [3.05, 3.63) is 31.0 Å². The van der Waals surface area contributed by atoms with Gasteiger partial charge in [-0.15, -0.1) is 0 Å². The quantitative estimate of drug-likeness (QED) is 0.600. The Bertz CT molecular complexity index is 725. The smallest absolute Gasteiger partial charge is 0.390 e. The Balaban J connectivity index is 2.81. The first kappa shape index (κ1) is 12.0. The van der Waals surface area contributed by atoms with Gasteiger partial charge < -0.3 is 10.1 Å². The molecule has 2 N–H and O–H groups in total. The van der Waals surface area contributed by atoms with Crippen molar-refractivity contribution in [1.29, 1.82) is 0 Å². The maximum Gasteiger partial charge on any atom is 0.435 e. The van der Waals surface area contributed by atoms with E-state index in [0.717, 1.165) is 4.57 Å². The molecule has 18 heavy (non-hydrogen) atoms. The molecular weight excluding hydrogens is 242 g/mol. The largest absolute Gasteiger partial charge is 0.435 e. The Kier molecular flexibility index (Phi) is 2.73. The summed E-state index contributed by atoms with van der Waals surface area (Å²) in [5.41, 5.74) is -1.40. The van der Waals surface area contributed by atoms with Crippen molar-refractivity contribution >= 4 is 17.1 Å². The van der Waals surface area contributed by atoms with Crippen LogP contribution in [0.2, 0.25) is 0 Å². The summed E-state index contributed by atoms with van der Waals surface area (Å²) in [6.07, 6.45) is 0.588. The lowest BCUT2D eigenvalue weighted by Gasteiger charge is -2.09. The maximum absolute atomic E-state index is 12.0. The lowest BCUT2D eigenvalue weighted by Crippen LogP contribution is -2.37. The van der Waals surface area contributed by atoms with Gasteiger partial charge in [0, 0.05) is 6.04 Å². The Labute approximate surface area is 99.6 Å². The summed E-state index contributed by atoms with van der Waals surface area (Å²) in [7, 11) is 0. The van der Waals surface area contributed by atoms with Crippen LogP contribution in [-0.2, 0) is 0 Å². The van der Waals surface area contributed by atoms with E-state index in [1.165, 1.54) is 0 Å². The van der Waals surface area contributed by atoms with Crippen molar-refractivity contribution in [3.63, 3.8) is 0 Å². The Hall–Kier alpha value is -2.45. The number of hydrogen-bond acceptors (Lipinski definition) is 5. The van der Waals surface area contributed by atoms with Crippen LogP contribution in [-0.4, -0.2) is 24.4 Å². The van der Waals surface area contributed by atoms with Crippen molar-refractivity contribution in [2.75, 3.05) is 0 Å². The predicted octanol–water partition coefficient (Wildman–Crippen LogP) is 0.292. The van der Waals surface area contributed by atoms with Gasteiger partial charge in [-0.2, -0.15) is 0 Å². The topological polar surface area (TPSA) is 127 Å². The fraction of sp³-hybridized carbons (Fsp3) is 0.444. The SMILES string of the molecule is CCC(C)n1c(=O)[nH]c2nc([N+](=O)[O-])[nH]c2c1=O. The third-order valence-corrected chi connectivity index (χ3v) is 2.77. The lowest BCUT2D eigenvalue weighted by molar-refractivity contribution is -0.393. The second kappa shape index (κ2) is 4.09. The average molecular weight is 253 g/mol. The van der Waals surface area contributed by atoms with Crippen LogP contribution in [0.4, 0.5) is 5.95 Å². The molecule has 0 amide bonds. The molecule has 0 aliphatic rings. The van der Waals surface area contributed by atoms with E-state index in [0.29, 0.717) is 6.42 Å². The first-order valence-corrected chi connectivity index (χ1v) is 5.34. The van der Waals surface area contributed by atoms with Crippen LogP contribution in [0.3, 0.4) is 0 Å². The number of hydrogen-bond donors (Lipinski definition) is 2. The molecule has 2 heterocycles. The molecule has 1 atom stereocenters. The molecule has 0 aliphatic carbocycles. The molecule has 0 saturated heterocycles. The van der Waals surface area contributed by atoms with Crippen molar-refractivity contribution in [2.45, 2.75) is 26.3 Å². The Morgan fingerprint density at radius 3 is 2.67 bits per heavy atom. The van der Waals surface area contributed by atoms with Gasteiger partial charge in [-0.25, -0.2) is 9.78 Å². The van der Waals surface area contributed by atoms with E-state index in [-0.39, 0.29) is 17.2 Å². The van der Waals surface area contributed by atoms with E-state index in [9.17, 15) is 19.7 Å². The highest BCUT2D eigenvalue weighted by Crippen LogP contribution is 2.10. The van der Waals surface area contributed by atoms with Gasteiger partial charge >= 0.3 is 11.6 Å².